The van der Waals surface area contributed by atoms with Crippen molar-refractivity contribution >= 4 is 11.6 Å². The summed E-state index contributed by atoms with van der Waals surface area (Å²) in [6.45, 7) is 0. The van der Waals surface area contributed by atoms with Gasteiger partial charge in [0.1, 0.15) is 11.5 Å². The molecule has 0 saturated heterocycles. The fraction of sp³-hybridized carbons (Fsp3) is 0.250. The summed E-state index contributed by atoms with van der Waals surface area (Å²) in [6.07, 6.45) is 0.745. The molecule has 0 fully saturated rings. The van der Waals surface area contributed by atoms with Crippen molar-refractivity contribution in [3.8, 4) is 11.5 Å². The first kappa shape index (κ1) is 14.7. The summed E-state index contributed by atoms with van der Waals surface area (Å²) in [5.74, 6) is 1.49. The molecule has 0 bridgehead atoms. The Kier molecular flexibility index (Phi) is 4.88. The quantitative estimate of drug-likeness (QED) is 0.915. The van der Waals surface area contributed by atoms with E-state index in [0.717, 1.165) is 23.3 Å². The van der Waals surface area contributed by atoms with Crippen LogP contribution < -0.4 is 15.2 Å². The first-order valence-electron chi connectivity index (χ1n) is 6.36. The maximum Gasteiger partial charge on any atom is 0.137 e. The van der Waals surface area contributed by atoms with Gasteiger partial charge >= 0.3 is 0 Å². The van der Waals surface area contributed by atoms with Crippen molar-refractivity contribution in [2.24, 2.45) is 5.73 Å². The molecule has 0 saturated carbocycles. The highest BCUT2D eigenvalue weighted by molar-refractivity contribution is 6.32. The van der Waals surface area contributed by atoms with Crippen molar-refractivity contribution in [3.63, 3.8) is 0 Å². The van der Waals surface area contributed by atoms with Gasteiger partial charge in [0, 0.05) is 6.04 Å². The molecular weight excluding hydrogens is 274 g/mol. The van der Waals surface area contributed by atoms with Crippen molar-refractivity contribution in [1.29, 1.82) is 0 Å². The molecule has 0 radical (unpaired) electrons. The normalized spacial score (nSPS) is 12.0. The van der Waals surface area contributed by atoms with Crippen LogP contribution in [0.15, 0.2) is 42.5 Å². The Morgan fingerprint density at radius 1 is 1.05 bits per heavy atom. The van der Waals surface area contributed by atoms with Crippen molar-refractivity contribution in [2.75, 3.05) is 14.2 Å². The van der Waals surface area contributed by atoms with Gasteiger partial charge in [0.05, 0.1) is 19.2 Å². The number of halogens is 1. The molecule has 2 rings (SSSR count). The van der Waals surface area contributed by atoms with E-state index in [1.54, 1.807) is 14.2 Å². The van der Waals surface area contributed by atoms with Crippen LogP contribution in [0.2, 0.25) is 5.02 Å². The van der Waals surface area contributed by atoms with Crippen LogP contribution in [-0.4, -0.2) is 14.2 Å². The molecule has 2 aromatic carbocycles. The Balaban J connectivity index is 2.12. The molecule has 2 aromatic rings. The smallest absolute Gasteiger partial charge is 0.137 e. The summed E-state index contributed by atoms with van der Waals surface area (Å²) < 4.78 is 10.4. The monoisotopic (exact) mass is 291 g/mol. The molecule has 0 aromatic heterocycles. The fourth-order valence-electron chi connectivity index (χ4n) is 2.04. The number of hydrogen-bond acceptors (Lipinski definition) is 3. The minimum Gasteiger partial charge on any atom is -0.497 e. The lowest BCUT2D eigenvalue weighted by Gasteiger charge is -2.14. The summed E-state index contributed by atoms with van der Waals surface area (Å²) in [5, 5.41) is 0.591. The van der Waals surface area contributed by atoms with Crippen molar-refractivity contribution in [1.82, 2.24) is 0 Å². The van der Waals surface area contributed by atoms with E-state index in [1.807, 2.05) is 42.5 Å². The number of benzene rings is 2. The van der Waals surface area contributed by atoms with Gasteiger partial charge in [-0.15, -0.1) is 0 Å². The molecule has 106 valence electrons. The van der Waals surface area contributed by atoms with Crippen LogP contribution in [0.5, 0.6) is 11.5 Å². The Bertz CT molecular complexity index is 569. The maximum atomic E-state index is 6.24. The summed E-state index contributed by atoms with van der Waals surface area (Å²) in [5.41, 5.74) is 8.40. The van der Waals surface area contributed by atoms with Gasteiger partial charge in [-0.2, -0.15) is 0 Å². The Hall–Kier alpha value is -1.71. The second-order valence-corrected chi connectivity index (χ2v) is 4.96. The third-order valence-electron chi connectivity index (χ3n) is 3.22. The molecule has 0 amide bonds. The molecule has 4 heteroatoms. The standard InChI is InChI=1S/C16H18ClNO2/c1-19-13-6-3-11(4-7-13)9-15(18)12-5-8-14(17)16(10-12)20-2/h3-8,10,15H,9,18H2,1-2H3. The fourth-order valence-corrected chi connectivity index (χ4v) is 2.24. The first-order valence-corrected chi connectivity index (χ1v) is 6.73. The van der Waals surface area contributed by atoms with E-state index < -0.39 is 0 Å². The van der Waals surface area contributed by atoms with Crippen LogP contribution in [0.4, 0.5) is 0 Å². The van der Waals surface area contributed by atoms with E-state index in [-0.39, 0.29) is 6.04 Å². The third kappa shape index (κ3) is 3.44. The van der Waals surface area contributed by atoms with Crippen LogP contribution in [0.1, 0.15) is 17.2 Å². The largest absolute Gasteiger partial charge is 0.497 e. The van der Waals surface area contributed by atoms with Gasteiger partial charge < -0.3 is 15.2 Å². The molecule has 1 unspecified atom stereocenters. The summed E-state index contributed by atoms with van der Waals surface area (Å²) >= 11 is 6.01. The van der Waals surface area contributed by atoms with Crippen molar-refractivity contribution in [2.45, 2.75) is 12.5 Å². The lowest BCUT2D eigenvalue weighted by atomic mass is 9.99. The zero-order valence-electron chi connectivity index (χ0n) is 11.6. The van der Waals surface area contributed by atoms with Gasteiger partial charge in [-0.05, 0) is 41.8 Å². The van der Waals surface area contributed by atoms with Gasteiger partial charge in [0.15, 0.2) is 0 Å². The highest BCUT2D eigenvalue weighted by atomic mass is 35.5. The van der Waals surface area contributed by atoms with Crippen LogP contribution >= 0.6 is 11.6 Å². The van der Waals surface area contributed by atoms with Gasteiger partial charge in [0.25, 0.3) is 0 Å². The van der Waals surface area contributed by atoms with E-state index in [4.69, 9.17) is 26.8 Å². The zero-order chi connectivity index (χ0) is 14.5. The molecule has 3 nitrogen and oxygen atoms in total. The minimum absolute atomic E-state index is 0.102. The number of rotatable bonds is 5. The molecular formula is C16H18ClNO2. The van der Waals surface area contributed by atoms with Crippen LogP contribution in [0.25, 0.3) is 0 Å². The molecule has 0 aliphatic heterocycles. The van der Waals surface area contributed by atoms with Gasteiger partial charge in [-0.1, -0.05) is 29.8 Å². The summed E-state index contributed by atoms with van der Waals surface area (Å²) in [6, 6.07) is 13.4. The predicted octanol–water partition coefficient (Wildman–Crippen LogP) is 3.60. The predicted molar refractivity (Wildman–Crippen MR) is 81.6 cm³/mol. The van der Waals surface area contributed by atoms with Gasteiger partial charge in [0.2, 0.25) is 0 Å². The Labute approximate surface area is 124 Å². The second-order valence-electron chi connectivity index (χ2n) is 4.55. The molecule has 2 N–H and O–H groups in total. The van der Waals surface area contributed by atoms with E-state index in [0.29, 0.717) is 10.8 Å². The molecule has 20 heavy (non-hydrogen) atoms. The summed E-state index contributed by atoms with van der Waals surface area (Å²) in [7, 11) is 3.25. The highest BCUT2D eigenvalue weighted by Crippen LogP contribution is 2.28. The number of methoxy groups -OCH3 is 2. The van der Waals surface area contributed by atoms with Crippen molar-refractivity contribution < 1.29 is 9.47 Å². The lowest BCUT2D eigenvalue weighted by molar-refractivity contribution is 0.414. The molecule has 0 spiro atoms. The van der Waals surface area contributed by atoms with E-state index in [1.165, 1.54) is 0 Å². The highest BCUT2D eigenvalue weighted by Gasteiger charge is 2.10. The van der Waals surface area contributed by atoms with Crippen LogP contribution in [0, 0.1) is 0 Å². The minimum atomic E-state index is -0.102. The molecule has 0 aliphatic rings. The van der Waals surface area contributed by atoms with Gasteiger partial charge in [-0.3, -0.25) is 0 Å². The summed E-state index contributed by atoms with van der Waals surface area (Å²) in [4.78, 5) is 0. The lowest BCUT2D eigenvalue weighted by Crippen LogP contribution is -2.13. The van der Waals surface area contributed by atoms with E-state index in [2.05, 4.69) is 0 Å². The SMILES string of the molecule is COc1ccc(CC(N)c2ccc(Cl)c(OC)c2)cc1. The number of hydrogen-bond donors (Lipinski definition) is 1. The average Bonchev–Trinajstić information content (AvgIpc) is 2.48. The number of nitrogens with two attached hydrogens (primary N) is 1. The second kappa shape index (κ2) is 6.64. The first-order chi connectivity index (χ1) is 9.63. The van der Waals surface area contributed by atoms with Crippen LogP contribution in [0.3, 0.4) is 0 Å². The Morgan fingerprint density at radius 2 is 1.75 bits per heavy atom. The zero-order valence-corrected chi connectivity index (χ0v) is 12.4. The third-order valence-corrected chi connectivity index (χ3v) is 3.53. The molecule has 1 atom stereocenters. The van der Waals surface area contributed by atoms with E-state index >= 15 is 0 Å². The maximum absolute atomic E-state index is 6.24. The van der Waals surface area contributed by atoms with Gasteiger partial charge in [-0.25, -0.2) is 0 Å². The van der Waals surface area contributed by atoms with Crippen molar-refractivity contribution in [3.05, 3.63) is 58.6 Å². The molecule has 0 heterocycles. The van der Waals surface area contributed by atoms with Crippen LogP contribution in [-0.2, 0) is 6.42 Å². The Morgan fingerprint density at radius 3 is 2.35 bits per heavy atom. The number of ether oxygens (including phenoxy) is 2. The average molecular weight is 292 g/mol. The topological polar surface area (TPSA) is 44.5 Å². The van der Waals surface area contributed by atoms with E-state index in [9.17, 15) is 0 Å². The molecule has 0 aliphatic carbocycles.